The molecule has 4 fully saturated rings. The highest BCUT2D eigenvalue weighted by Crippen LogP contribution is 2.60. The number of nitrogens with zero attached hydrogens (tertiary/aromatic N) is 2. The lowest BCUT2D eigenvalue weighted by Gasteiger charge is -2.57. The minimum absolute atomic E-state index is 0.0793. The third-order valence-corrected chi connectivity index (χ3v) is 9.35. The second-order valence-corrected chi connectivity index (χ2v) is 11.4. The molecule has 0 unspecified atom stereocenters. The molecule has 4 saturated carbocycles. The van der Waals surface area contributed by atoms with Crippen LogP contribution in [0.5, 0.6) is 0 Å². The Balaban J connectivity index is 1.42. The SMILES string of the molecule is CN(c1ccc(C23CC4CC(CC(C4)C2)C3)cc1)S(=O)(=O)c1cccc([N+](=O)[O-])c1. The molecule has 0 aliphatic heterocycles. The second-order valence-electron chi connectivity index (χ2n) is 9.47. The fourth-order valence-electron chi connectivity index (χ4n) is 6.54. The Kier molecular flexibility index (Phi) is 4.43. The van der Waals surface area contributed by atoms with E-state index < -0.39 is 14.9 Å². The Morgan fingerprint density at radius 3 is 2.07 bits per heavy atom. The molecule has 0 N–H and O–H groups in total. The van der Waals surface area contributed by atoms with Crippen molar-refractivity contribution >= 4 is 21.4 Å². The van der Waals surface area contributed by atoms with Crippen molar-refractivity contribution in [2.75, 3.05) is 11.4 Å². The van der Waals surface area contributed by atoms with E-state index in [1.807, 2.05) is 12.1 Å². The number of anilines is 1. The fourth-order valence-corrected chi connectivity index (χ4v) is 7.78. The van der Waals surface area contributed by atoms with Gasteiger partial charge in [0.05, 0.1) is 15.5 Å². The van der Waals surface area contributed by atoms with Crippen LogP contribution in [0.1, 0.15) is 44.1 Å². The average Bonchev–Trinajstić information content (AvgIpc) is 2.72. The van der Waals surface area contributed by atoms with Crippen LogP contribution in [0.15, 0.2) is 53.4 Å². The van der Waals surface area contributed by atoms with Crippen molar-refractivity contribution in [2.24, 2.45) is 17.8 Å². The van der Waals surface area contributed by atoms with Crippen molar-refractivity contribution in [2.45, 2.75) is 48.8 Å². The number of non-ortho nitro benzene ring substituents is 1. The van der Waals surface area contributed by atoms with Crippen molar-refractivity contribution in [3.63, 3.8) is 0 Å². The third kappa shape index (κ3) is 3.11. The maximum absolute atomic E-state index is 13.0. The predicted molar refractivity (Wildman–Crippen MR) is 115 cm³/mol. The number of hydrogen-bond acceptors (Lipinski definition) is 4. The molecule has 6 nitrogen and oxygen atoms in total. The maximum Gasteiger partial charge on any atom is 0.270 e. The fraction of sp³-hybridized carbons (Fsp3) is 0.478. The number of hydrogen-bond donors (Lipinski definition) is 0. The van der Waals surface area contributed by atoms with E-state index in [2.05, 4.69) is 12.1 Å². The second kappa shape index (κ2) is 6.80. The summed E-state index contributed by atoms with van der Waals surface area (Å²) in [6, 6.07) is 13.1. The van der Waals surface area contributed by atoms with Crippen molar-refractivity contribution in [1.29, 1.82) is 0 Å². The van der Waals surface area contributed by atoms with Gasteiger partial charge in [0.1, 0.15) is 0 Å². The van der Waals surface area contributed by atoms with Gasteiger partial charge in [0.25, 0.3) is 15.7 Å². The van der Waals surface area contributed by atoms with E-state index in [0.717, 1.165) is 23.8 Å². The van der Waals surface area contributed by atoms with Crippen LogP contribution in [0.25, 0.3) is 0 Å². The lowest BCUT2D eigenvalue weighted by molar-refractivity contribution is -0.385. The molecule has 0 atom stereocenters. The first kappa shape index (κ1) is 19.5. The summed E-state index contributed by atoms with van der Waals surface area (Å²) in [4.78, 5) is 10.4. The standard InChI is InChI=1S/C23H26N2O4S/c1-24(30(28,29)22-4-2-3-21(12-22)25(26)27)20-7-5-19(6-8-20)23-13-16-9-17(14-23)11-18(10-16)15-23/h2-8,12,16-18H,9-11,13-15H2,1H3. The summed E-state index contributed by atoms with van der Waals surface area (Å²) in [6.07, 6.45) is 7.96. The summed E-state index contributed by atoms with van der Waals surface area (Å²) < 4.78 is 27.2. The molecule has 6 rings (SSSR count). The normalized spacial score (nSPS) is 29.7. The number of sulfonamides is 1. The Morgan fingerprint density at radius 1 is 0.967 bits per heavy atom. The van der Waals surface area contributed by atoms with E-state index in [9.17, 15) is 18.5 Å². The van der Waals surface area contributed by atoms with E-state index in [4.69, 9.17) is 0 Å². The van der Waals surface area contributed by atoms with Gasteiger partial charge in [-0.1, -0.05) is 18.2 Å². The van der Waals surface area contributed by atoms with E-state index in [-0.39, 0.29) is 16.0 Å². The van der Waals surface area contributed by atoms with Gasteiger partial charge in [-0.25, -0.2) is 8.42 Å². The Bertz CT molecular complexity index is 1060. The highest BCUT2D eigenvalue weighted by atomic mass is 32.2. The molecule has 0 saturated heterocycles. The lowest BCUT2D eigenvalue weighted by Crippen LogP contribution is -2.48. The van der Waals surface area contributed by atoms with Crippen molar-refractivity contribution < 1.29 is 13.3 Å². The quantitative estimate of drug-likeness (QED) is 0.504. The molecule has 4 aliphatic carbocycles. The Morgan fingerprint density at radius 2 is 1.53 bits per heavy atom. The van der Waals surface area contributed by atoms with Gasteiger partial charge < -0.3 is 0 Å². The topological polar surface area (TPSA) is 80.5 Å². The zero-order chi connectivity index (χ0) is 21.1. The smallest absolute Gasteiger partial charge is 0.269 e. The zero-order valence-corrected chi connectivity index (χ0v) is 17.8. The Labute approximate surface area is 177 Å². The van der Waals surface area contributed by atoms with Gasteiger partial charge in [-0.15, -0.1) is 0 Å². The first-order valence-corrected chi connectivity index (χ1v) is 12.0. The summed E-state index contributed by atoms with van der Waals surface area (Å²) in [5, 5.41) is 11.0. The zero-order valence-electron chi connectivity index (χ0n) is 17.0. The third-order valence-electron chi connectivity index (χ3n) is 7.57. The maximum atomic E-state index is 13.0. The molecule has 4 aliphatic rings. The molecule has 0 heterocycles. The number of benzene rings is 2. The average molecular weight is 427 g/mol. The van der Waals surface area contributed by atoms with Gasteiger partial charge in [-0.2, -0.15) is 0 Å². The molecule has 0 radical (unpaired) electrons. The first-order chi connectivity index (χ1) is 14.3. The molecule has 0 amide bonds. The van der Waals surface area contributed by atoms with Gasteiger partial charge in [-0.05, 0) is 85.5 Å². The largest absolute Gasteiger partial charge is 0.270 e. The number of nitro benzene ring substituents is 1. The monoisotopic (exact) mass is 426 g/mol. The summed E-state index contributed by atoms with van der Waals surface area (Å²) in [7, 11) is -2.38. The number of rotatable bonds is 5. The van der Waals surface area contributed by atoms with Gasteiger partial charge >= 0.3 is 0 Å². The van der Waals surface area contributed by atoms with Crippen LogP contribution in [-0.4, -0.2) is 20.4 Å². The van der Waals surface area contributed by atoms with Gasteiger partial charge in [0.15, 0.2) is 0 Å². The van der Waals surface area contributed by atoms with Crippen LogP contribution in [0.3, 0.4) is 0 Å². The summed E-state index contributed by atoms with van der Waals surface area (Å²) in [6.45, 7) is 0. The molecule has 4 bridgehead atoms. The number of nitro groups is 1. The predicted octanol–water partition coefficient (Wildman–Crippen LogP) is 4.89. The highest BCUT2D eigenvalue weighted by Gasteiger charge is 2.51. The van der Waals surface area contributed by atoms with Crippen molar-refractivity contribution in [3.8, 4) is 0 Å². The van der Waals surface area contributed by atoms with E-state index in [1.165, 1.54) is 73.6 Å². The van der Waals surface area contributed by atoms with Crippen molar-refractivity contribution in [1.82, 2.24) is 0 Å². The minimum Gasteiger partial charge on any atom is -0.269 e. The van der Waals surface area contributed by atoms with Crippen LogP contribution in [0.4, 0.5) is 11.4 Å². The Hall–Kier alpha value is -2.41. The van der Waals surface area contributed by atoms with Crippen LogP contribution in [0.2, 0.25) is 0 Å². The van der Waals surface area contributed by atoms with Crippen LogP contribution >= 0.6 is 0 Å². The van der Waals surface area contributed by atoms with E-state index in [1.54, 1.807) is 0 Å². The van der Waals surface area contributed by atoms with Gasteiger partial charge in [0, 0.05) is 19.2 Å². The first-order valence-electron chi connectivity index (χ1n) is 10.6. The molecule has 158 valence electrons. The van der Waals surface area contributed by atoms with Crippen molar-refractivity contribution in [3.05, 3.63) is 64.2 Å². The molecule has 0 spiro atoms. The molecule has 30 heavy (non-hydrogen) atoms. The van der Waals surface area contributed by atoms with Gasteiger partial charge in [0.2, 0.25) is 0 Å². The summed E-state index contributed by atoms with van der Waals surface area (Å²) in [5.74, 6) is 2.56. The molecule has 2 aromatic rings. The molecular formula is C23H26N2O4S. The summed E-state index contributed by atoms with van der Waals surface area (Å²) in [5.41, 5.74) is 1.94. The molecular weight excluding hydrogens is 400 g/mol. The van der Waals surface area contributed by atoms with Gasteiger partial charge in [-0.3, -0.25) is 14.4 Å². The lowest BCUT2D eigenvalue weighted by atomic mass is 9.48. The highest BCUT2D eigenvalue weighted by molar-refractivity contribution is 7.92. The van der Waals surface area contributed by atoms with E-state index >= 15 is 0 Å². The summed E-state index contributed by atoms with van der Waals surface area (Å²) >= 11 is 0. The van der Waals surface area contributed by atoms with Crippen LogP contribution in [-0.2, 0) is 15.4 Å². The molecule has 7 heteroatoms. The van der Waals surface area contributed by atoms with Crippen LogP contribution < -0.4 is 4.31 Å². The minimum atomic E-state index is -3.88. The van der Waals surface area contributed by atoms with E-state index in [0.29, 0.717) is 5.69 Å². The molecule has 2 aromatic carbocycles. The molecule has 0 aromatic heterocycles. The van der Waals surface area contributed by atoms with Crippen LogP contribution in [0, 0.1) is 27.9 Å².